The Labute approximate surface area is 126 Å². The summed E-state index contributed by atoms with van der Waals surface area (Å²) in [5.41, 5.74) is 3.50. The minimum absolute atomic E-state index is 0.280. The van der Waals surface area contributed by atoms with E-state index in [9.17, 15) is 5.11 Å². The summed E-state index contributed by atoms with van der Waals surface area (Å²) in [6.45, 7) is 5.20. The summed E-state index contributed by atoms with van der Waals surface area (Å²) >= 11 is 0. The molecule has 2 heterocycles. The van der Waals surface area contributed by atoms with E-state index < -0.39 is 0 Å². The molecule has 2 aromatic rings. The Bertz CT molecular complexity index is 595. The van der Waals surface area contributed by atoms with Crippen LogP contribution in [0.25, 0.3) is 0 Å². The van der Waals surface area contributed by atoms with Gasteiger partial charge in [-0.3, -0.25) is 4.68 Å². The Morgan fingerprint density at radius 3 is 2.86 bits per heavy atom. The van der Waals surface area contributed by atoms with Crippen LogP contribution in [0, 0.1) is 0 Å². The van der Waals surface area contributed by atoms with Gasteiger partial charge in [-0.05, 0) is 43.7 Å². The Morgan fingerprint density at radius 2 is 2.14 bits per heavy atom. The molecule has 4 heteroatoms. The molecular weight excluding hydrogens is 262 g/mol. The molecule has 0 aliphatic heterocycles. The molecule has 4 nitrogen and oxygen atoms in total. The van der Waals surface area contributed by atoms with E-state index in [0.29, 0.717) is 6.04 Å². The number of aliphatic hydroxyl groups is 1. The minimum Gasteiger partial charge on any atom is -0.388 e. The summed E-state index contributed by atoms with van der Waals surface area (Å²) in [5, 5.41) is 14.8. The highest BCUT2D eigenvalue weighted by molar-refractivity contribution is 5.29. The maximum atomic E-state index is 10.0. The van der Waals surface area contributed by atoms with Gasteiger partial charge in [0.2, 0.25) is 0 Å². The van der Waals surface area contributed by atoms with Crippen molar-refractivity contribution >= 4 is 0 Å². The van der Waals surface area contributed by atoms with Crippen LogP contribution in [0.2, 0.25) is 0 Å². The number of nitrogens with zero attached hydrogens (tertiary/aromatic N) is 3. The van der Waals surface area contributed by atoms with Crippen molar-refractivity contribution in [1.82, 2.24) is 14.3 Å². The summed E-state index contributed by atoms with van der Waals surface area (Å²) in [4.78, 5) is 0. The fraction of sp³-hybridized carbons (Fsp3) is 0.588. The number of hydrogen-bond donors (Lipinski definition) is 1. The lowest BCUT2D eigenvalue weighted by atomic mass is 9.93. The molecule has 1 atom stereocenters. The largest absolute Gasteiger partial charge is 0.388 e. The molecular formula is C17H25N3O. The summed E-state index contributed by atoms with van der Waals surface area (Å²) in [7, 11) is 0. The SMILES string of the molecule is CCC(CC)n1ccc(Cn2cc3c(c2)C(O)CCC3)n1. The molecule has 3 rings (SSSR count). The summed E-state index contributed by atoms with van der Waals surface area (Å²) in [5.74, 6) is 0. The fourth-order valence-corrected chi connectivity index (χ4v) is 3.33. The minimum atomic E-state index is -0.280. The predicted molar refractivity (Wildman–Crippen MR) is 83.3 cm³/mol. The van der Waals surface area contributed by atoms with Crippen LogP contribution in [0.3, 0.4) is 0 Å². The number of aliphatic hydroxyl groups excluding tert-OH is 1. The van der Waals surface area contributed by atoms with Crippen molar-refractivity contribution in [2.75, 3.05) is 0 Å². The summed E-state index contributed by atoms with van der Waals surface area (Å²) in [6, 6.07) is 2.60. The molecule has 1 aliphatic rings. The second kappa shape index (κ2) is 6.06. The standard InChI is InChI=1S/C17H25N3O/c1-3-15(4-2)20-9-8-14(18-20)11-19-10-13-6-5-7-17(21)16(13)12-19/h8-10,12,15,17,21H,3-7,11H2,1-2H3. The van der Waals surface area contributed by atoms with E-state index >= 15 is 0 Å². The molecule has 0 saturated heterocycles. The van der Waals surface area contributed by atoms with Crippen molar-refractivity contribution in [2.24, 2.45) is 0 Å². The van der Waals surface area contributed by atoms with Gasteiger partial charge in [-0.15, -0.1) is 0 Å². The molecule has 2 aromatic heterocycles. The molecule has 1 aliphatic carbocycles. The van der Waals surface area contributed by atoms with Gasteiger partial charge in [0, 0.05) is 24.2 Å². The van der Waals surface area contributed by atoms with Crippen LogP contribution in [0.15, 0.2) is 24.7 Å². The fourth-order valence-electron chi connectivity index (χ4n) is 3.33. The van der Waals surface area contributed by atoms with Crippen molar-refractivity contribution in [1.29, 1.82) is 0 Å². The van der Waals surface area contributed by atoms with Gasteiger partial charge < -0.3 is 9.67 Å². The second-order valence-electron chi connectivity index (χ2n) is 6.08. The predicted octanol–water partition coefficient (Wildman–Crippen LogP) is 3.46. The molecule has 21 heavy (non-hydrogen) atoms. The van der Waals surface area contributed by atoms with Gasteiger partial charge in [0.25, 0.3) is 0 Å². The Balaban J connectivity index is 1.75. The first-order chi connectivity index (χ1) is 10.2. The average molecular weight is 287 g/mol. The normalized spacial score (nSPS) is 18.2. The highest BCUT2D eigenvalue weighted by atomic mass is 16.3. The van der Waals surface area contributed by atoms with Crippen molar-refractivity contribution in [3.05, 3.63) is 41.5 Å². The van der Waals surface area contributed by atoms with E-state index in [0.717, 1.165) is 49.9 Å². The first kappa shape index (κ1) is 14.4. The van der Waals surface area contributed by atoms with Crippen LogP contribution in [-0.2, 0) is 13.0 Å². The third-order valence-electron chi connectivity index (χ3n) is 4.60. The molecule has 0 aromatic carbocycles. The Morgan fingerprint density at radius 1 is 1.33 bits per heavy atom. The van der Waals surface area contributed by atoms with Crippen LogP contribution in [0.4, 0.5) is 0 Å². The van der Waals surface area contributed by atoms with Gasteiger partial charge in [0.05, 0.1) is 24.4 Å². The van der Waals surface area contributed by atoms with Gasteiger partial charge >= 0.3 is 0 Å². The maximum Gasteiger partial charge on any atom is 0.0821 e. The smallest absolute Gasteiger partial charge is 0.0821 e. The molecule has 1 N–H and O–H groups in total. The average Bonchev–Trinajstić information content (AvgIpc) is 3.08. The number of aryl methyl sites for hydroxylation is 1. The third-order valence-corrected chi connectivity index (χ3v) is 4.60. The quantitative estimate of drug-likeness (QED) is 0.915. The molecule has 0 amide bonds. The summed E-state index contributed by atoms with van der Waals surface area (Å²) in [6.07, 6.45) is 11.4. The Hall–Kier alpha value is -1.55. The van der Waals surface area contributed by atoms with Crippen LogP contribution in [-0.4, -0.2) is 19.5 Å². The number of rotatable bonds is 5. The van der Waals surface area contributed by atoms with E-state index in [1.54, 1.807) is 0 Å². The lowest BCUT2D eigenvalue weighted by molar-refractivity contribution is 0.157. The van der Waals surface area contributed by atoms with Crippen molar-refractivity contribution in [2.45, 2.75) is 64.6 Å². The van der Waals surface area contributed by atoms with E-state index in [1.165, 1.54) is 5.56 Å². The molecule has 0 fully saturated rings. The van der Waals surface area contributed by atoms with Crippen molar-refractivity contribution in [3.63, 3.8) is 0 Å². The zero-order chi connectivity index (χ0) is 14.8. The molecule has 1 unspecified atom stereocenters. The molecule has 114 valence electrons. The van der Waals surface area contributed by atoms with Crippen LogP contribution < -0.4 is 0 Å². The topological polar surface area (TPSA) is 43.0 Å². The second-order valence-corrected chi connectivity index (χ2v) is 6.08. The number of hydrogen-bond acceptors (Lipinski definition) is 2. The highest BCUT2D eigenvalue weighted by Gasteiger charge is 2.20. The van der Waals surface area contributed by atoms with E-state index in [1.807, 2.05) is 0 Å². The molecule has 0 spiro atoms. The van der Waals surface area contributed by atoms with Crippen LogP contribution in [0.5, 0.6) is 0 Å². The van der Waals surface area contributed by atoms with Crippen molar-refractivity contribution in [3.8, 4) is 0 Å². The lowest BCUT2D eigenvalue weighted by Gasteiger charge is -2.16. The first-order valence-corrected chi connectivity index (χ1v) is 8.11. The van der Waals surface area contributed by atoms with Crippen molar-refractivity contribution < 1.29 is 5.11 Å². The third kappa shape index (κ3) is 2.91. The van der Waals surface area contributed by atoms with Gasteiger partial charge in [-0.1, -0.05) is 13.8 Å². The van der Waals surface area contributed by atoms with Gasteiger partial charge in [0.15, 0.2) is 0 Å². The lowest BCUT2D eigenvalue weighted by Crippen LogP contribution is -2.08. The van der Waals surface area contributed by atoms with Gasteiger partial charge in [0.1, 0.15) is 0 Å². The van der Waals surface area contributed by atoms with Gasteiger partial charge in [-0.25, -0.2) is 0 Å². The summed E-state index contributed by atoms with van der Waals surface area (Å²) < 4.78 is 4.26. The zero-order valence-corrected chi connectivity index (χ0v) is 13.0. The number of aromatic nitrogens is 3. The zero-order valence-electron chi connectivity index (χ0n) is 13.0. The maximum absolute atomic E-state index is 10.0. The monoisotopic (exact) mass is 287 g/mol. The highest BCUT2D eigenvalue weighted by Crippen LogP contribution is 2.30. The van der Waals surface area contributed by atoms with E-state index in [4.69, 9.17) is 5.10 Å². The molecule has 0 radical (unpaired) electrons. The Kier molecular flexibility index (Phi) is 4.15. The molecule has 0 saturated carbocycles. The number of fused-ring (bicyclic) bond motifs is 1. The van der Waals surface area contributed by atoms with E-state index in [2.05, 4.69) is 47.8 Å². The van der Waals surface area contributed by atoms with E-state index in [-0.39, 0.29) is 6.10 Å². The van der Waals surface area contributed by atoms with Gasteiger partial charge in [-0.2, -0.15) is 5.10 Å². The molecule has 0 bridgehead atoms. The van der Waals surface area contributed by atoms with Crippen LogP contribution >= 0.6 is 0 Å². The van der Waals surface area contributed by atoms with Crippen LogP contribution in [0.1, 0.15) is 68.5 Å². The first-order valence-electron chi connectivity index (χ1n) is 8.11.